The zero-order chi connectivity index (χ0) is 27.4. The molecule has 0 bridgehead atoms. The molecular weight excluding hydrogens is 560 g/mol. The van der Waals surface area contributed by atoms with E-state index in [1.807, 2.05) is 28.9 Å². The topological polar surface area (TPSA) is 57.8 Å². The van der Waals surface area contributed by atoms with Gasteiger partial charge in [0.05, 0.1) is 28.8 Å². The number of aliphatic imine (C=N–C) groups is 2. The van der Waals surface area contributed by atoms with E-state index in [4.69, 9.17) is 15.1 Å². The molecule has 0 fully saturated rings. The number of anilines is 2. The van der Waals surface area contributed by atoms with E-state index in [2.05, 4.69) is 120 Å². The number of benzene rings is 4. The van der Waals surface area contributed by atoms with Gasteiger partial charge in [0.25, 0.3) is 0 Å². The molecule has 0 radical (unpaired) electrons. The summed E-state index contributed by atoms with van der Waals surface area (Å²) < 4.78 is 2.98. The number of aryl methyl sites for hydroxylation is 3. The van der Waals surface area contributed by atoms with Crippen LogP contribution >= 0.6 is 15.9 Å². The number of amidine groups is 2. The van der Waals surface area contributed by atoms with E-state index in [-0.39, 0.29) is 6.04 Å². The molecule has 5 aromatic rings. The number of hydrogen-bond donors (Lipinski definition) is 1. The summed E-state index contributed by atoms with van der Waals surface area (Å²) in [6, 6.07) is 33.2. The fourth-order valence-electron chi connectivity index (χ4n) is 5.49. The zero-order valence-electron chi connectivity index (χ0n) is 22.4. The molecule has 0 unspecified atom stereocenters. The molecular formula is C33H27BrN6. The Morgan fingerprint density at radius 3 is 2.38 bits per heavy atom. The Labute approximate surface area is 241 Å². The van der Waals surface area contributed by atoms with Crippen LogP contribution in [0.1, 0.15) is 34.0 Å². The molecule has 0 spiro atoms. The first-order valence-electron chi connectivity index (χ1n) is 13.3. The van der Waals surface area contributed by atoms with Crippen molar-refractivity contribution in [3.8, 4) is 5.69 Å². The number of para-hydroxylation sites is 3. The van der Waals surface area contributed by atoms with Crippen molar-refractivity contribution in [3.05, 3.63) is 129 Å². The maximum Gasteiger partial charge on any atom is 0.179 e. The van der Waals surface area contributed by atoms with Gasteiger partial charge in [-0.05, 0) is 86.0 Å². The predicted octanol–water partition coefficient (Wildman–Crippen LogP) is 8.36. The smallest absolute Gasteiger partial charge is 0.179 e. The van der Waals surface area contributed by atoms with Crippen LogP contribution in [0.25, 0.3) is 5.69 Å². The van der Waals surface area contributed by atoms with Crippen LogP contribution in [-0.4, -0.2) is 21.5 Å². The highest BCUT2D eigenvalue weighted by atomic mass is 79.9. The third-order valence-electron chi connectivity index (χ3n) is 7.57. The van der Waals surface area contributed by atoms with Crippen molar-refractivity contribution in [2.24, 2.45) is 9.98 Å². The van der Waals surface area contributed by atoms with Gasteiger partial charge in [0.1, 0.15) is 0 Å². The minimum atomic E-state index is -0.161. The molecule has 7 heteroatoms. The summed E-state index contributed by atoms with van der Waals surface area (Å²) in [6.07, 6.45) is 0. The SMILES string of the molecule is Cc1ccc(NC2=Nc3ccccc3N3C2=Nc2c(c(C)nn2-c2ccccc2)[C@H]3c2cccc(Br)c2)cc1C. The average Bonchev–Trinajstić information content (AvgIpc) is 3.30. The second kappa shape index (κ2) is 9.61. The Bertz CT molecular complexity index is 1840. The molecule has 196 valence electrons. The van der Waals surface area contributed by atoms with Gasteiger partial charge in [0.2, 0.25) is 0 Å². The zero-order valence-corrected chi connectivity index (χ0v) is 24.0. The van der Waals surface area contributed by atoms with Gasteiger partial charge in [-0.2, -0.15) is 5.10 Å². The highest BCUT2D eigenvalue weighted by Crippen LogP contribution is 2.48. The van der Waals surface area contributed by atoms with Gasteiger partial charge in [-0.1, -0.05) is 64.5 Å². The third-order valence-corrected chi connectivity index (χ3v) is 8.07. The highest BCUT2D eigenvalue weighted by molar-refractivity contribution is 9.10. The van der Waals surface area contributed by atoms with E-state index in [0.717, 1.165) is 55.7 Å². The summed E-state index contributed by atoms with van der Waals surface area (Å²) in [4.78, 5) is 12.7. The van der Waals surface area contributed by atoms with Crippen LogP contribution < -0.4 is 10.2 Å². The Balaban J connectivity index is 1.50. The molecule has 4 aromatic carbocycles. The maximum absolute atomic E-state index is 5.32. The summed E-state index contributed by atoms with van der Waals surface area (Å²) in [5, 5.41) is 8.62. The second-order valence-corrected chi connectivity index (χ2v) is 11.1. The Kier molecular flexibility index (Phi) is 5.90. The van der Waals surface area contributed by atoms with E-state index in [0.29, 0.717) is 5.84 Å². The minimum absolute atomic E-state index is 0.161. The van der Waals surface area contributed by atoms with Crippen LogP contribution in [0, 0.1) is 20.8 Å². The first-order valence-corrected chi connectivity index (χ1v) is 14.1. The summed E-state index contributed by atoms with van der Waals surface area (Å²) in [5.41, 5.74) is 9.47. The quantitative estimate of drug-likeness (QED) is 0.231. The van der Waals surface area contributed by atoms with Crippen LogP contribution in [0.3, 0.4) is 0 Å². The molecule has 0 amide bonds. The van der Waals surface area contributed by atoms with E-state index < -0.39 is 0 Å². The monoisotopic (exact) mass is 586 g/mol. The van der Waals surface area contributed by atoms with Crippen LogP contribution in [0.4, 0.5) is 22.9 Å². The lowest BCUT2D eigenvalue weighted by Crippen LogP contribution is -2.46. The minimum Gasteiger partial charge on any atom is -0.337 e. The molecule has 1 atom stereocenters. The summed E-state index contributed by atoms with van der Waals surface area (Å²) >= 11 is 3.71. The van der Waals surface area contributed by atoms with Crippen LogP contribution in [-0.2, 0) is 0 Å². The van der Waals surface area contributed by atoms with E-state index in [1.54, 1.807) is 0 Å². The second-order valence-electron chi connectivity index (χ2n) is 10.2. The van der Waals surface area contributed by atoms with Crippen molar-refractivity contribution in [1.82, 2.24) is 9.78 Å². The summed E-state index contributed by atoms with van der Waals surface area (Å²) in [5.74, 6) is 2.27. The maximum atomic E-state index is 5.32. The molecule has 2 aliphatic rings. The molecule has 40 heavy (non-hydrogen) atoms. The van der Waals surface area contributed by atoms with E-state index in [1.165, 1.54) is 11.1 Å². The molecule has 1 aromatic heterocycles. The van der Waals surface area contributed by atoms with Gasteiger partial charge in [0, 0.05) is 15.7 Å². The molecule has 1 N–H and O–H groups in total. The number of fused-ring (bicyclic) bond motifs is 4. The standard InChI is InChI=1S/C33H27BrN6/c1-20-16-17-25(18-21(20)2)35-31-33-37-32-29(22(3)38-40(32)26-12-5-4-6-13-26)30(23-10-9-11-24(34)19-23)39(33)28-15-8-7-14-27(28)36-31/h4-19,30H,1-3H3,(H,35,36)/t30-/m1/s1. The predicted molar refractivity (Wildman–Crippen MR) is 167 cm³/mol. The van der Waals surface area contributed by atoms with Crippen molar-refractivity contribution in [3.63, 3.8) is 0 Å². The number of rotatable bonds is 3. The molecule has 0 saturated heterocycles. The number of aromatic nitrogens is 2. The van der Waals surface area contributed by atoms with Crippen molar-refractivity contribution >= 4 is 50.5 Å². The number of halogens is 1. The highest BCUT2D eigenvalue weighted by Gasteiger charge is 2.41. The third kappa shape index (κ3) is 4.05. The first kappa shape index (κ1) is 24.5. The van der Waals surface area contributed by atoms with Crippen molar-refractivity contribution in [2.75, 3.05) is 10.2 Å². The Hall–Kier alpha value is -4.49. The number of nitrogens with zero attached hydrogens (tertiary/aromatic N) is 5. The molecule has 3 heterocycles. The first-order chi connectivity index (χ1) is 19.5. The average molecular weight is 588 g/mol. The Morgan fingerprint density at radius 2 is 1.57 bits per heavy atom. The lowest BCUT2D eigenvalue weighted by atomic mass is 9.93. The van der Waals surface area contributed by atoms with Crippen molar-refractivity contribution in [1.29, 1.82) is 0 Å². The largest absolute Gasteiger partial charge is 0.337 e. The summed E-state index contributed by atoms with van der Waals surface area (Å²) in [7, 11) is 0. The lowest BCUT2D eigenvalue weighted by molar-refractivity contribution is 0.815. The van der Waals surface area contributed by atoms with Crippen LogP contribution in [0.5, 0.6) is 0 Å². The molecule has 2 aliphatic heterocycles. The molecule has 0 saturated carbocycles. The molecule has 6 nitrogen and oxygen atoms in total. The number of hydrogen-bond acceptors (Lipinski definition) is 5. The van der Waals surface area contributed by atoms with Gasteiger partial charge < -0.3 is 10.2 Å². The van der Waals surface area contributed by atoms with Gasteiger partial charge in [0.15, 0.2) is 17.5 Å². The van der Waals surface area contributed by atoms with E-state index in [9.17, 15) is 0 Å². The van der Waals surface area contributed by atoms with Gasteiger partial charge in [-0.3, -0.25) is 0 Å². The molecule has 7 rings (SSSR count). The van der Waals surface area contributed by atoms with Crippen molar-refractivity contribution < 1.29 is 0 Å². The Morgan fingerprint density at radius 1 is 0.775 bits per heavy atom. The normalized spacial score (nSPS) is 15.5. The lowest BCUT2D eigenvalue weighted by Gasteiger charge is -2.40. The van der Waals surface area contributed by atoms with Gasteiger partial charge >= 0.3 is 0 Å². The fraction of sp³-hybridized carbons (Fsp3) is 0.121. The van der Waals surface area contributed by atoms with Crippen molar-refractivity contribution in [2.45, 2.75) is 26.8 Å². The van der Waals surface area contributed by atoms with Gasteiger partial charge in [-0.15, -0.1) is 0 Å². The number of nitrogens with one attached hydrogen (secondary N) is 1. The fourth-order valence-corrected chi connectivity index (χ4v) is 5.91. The molecule has 0 aliphatic carbocycles. The van der Waals surface area contributed by atoms with Crippen LogP contribution in [0.2, 0.25) is 0 Å². The summed E-state index contributed by atoms with van der Waals surface area (Å²) in [6.45, 7) is 6.32. The van der Waals surface area contributed by atoms with E-state index >= 15 is 0 Å². The van der Waals surface area contributed by atoms with Gasteiger partial charge in [-0.25, -0.2) is 14.7 Å². The van der Waals surface area contributed by atoms with Crippen LogP contribution in [0.15, 0.2) is 112 Å².